The lowest BCUT2D eigenvalue weighted by Crippen LogP contribution is -2.42. The van der Waals surface area contributed by atoms with E-state index < -0.39 is 11.8 Å². The van der Waals surface area contributed by atoms with E-state index in [0.717, 1.165) is 18.2 Å². The summed E-state index contributed by atoms with van der Waals surface area (Å²) in [6.45, 7) is 1.29. The molecular formula is C18H13Cl3F3N3O2. The Morgan fingerprint density at radius 2 is 1.76 bits per heavy atom. The third-order valence-corrected chi connectivity index (χ3v) is 4.80. The number of amides is 1. The van der Waals surface area contributed by atoms with Crippen LogP contribution < -0.4 is 16.3 Å². The van der Waals surface area contributed by atoms with Gasteiger partial charge in [-0.1, -0.05) is 40.9 Å². The number of carbonyl (C=O) groups excluding carboxylic acids is 1. The average molecular weight is 467 g/mol. The fraction of sp³-hybridized carbons (Fsp3) is 0.167. The van der Waals surface area contributed by atoms with Crippen LogP contribution in [-0.4, -0.2) is 12.1 Å². The van der Waals surface area contributed by atoms with E-state index in [1.807, 2.05) is 0 Å². The summed E-state index contributed by atoms with van der Waals surface area (Å²) in [4.78, 5) is 16.1. The Balaban J connectivity index is 2.06. The summed E-state index contributed by atoms with van der Waals surface area (Å²) in [7, 11) is 0. The zero-order valence-corrected chi connectivity index (χ0v) is 16.9. The highest BCUT2D eigenvalue weighted by Crippen LogP contribution is 2.48. The van der Waals surface area contributed by atoms with Crippen LogP contribution in [0.25, 0.3) is 5.70 Å². The lowest BCUT2D eigenvalue weighted by molar-refractivity contribution is -0.269. The Labute approximate surface area is 178 Å². The summed E-state index contributed by atoms with van der Waals surface area (Å²) < 4.78 is 42.1. The van der Waals surface area contributed by atoms with Gasteiger partial charge in [0.25, 0.3) is 0 Å². The molecule has 1 aliphatic heterocycles. The molecule has 11 heteroatoms. The number of hydrazine groups is 1. The highest BCUT2D eigenvalue weighted by atomic mass is 35.5. The molecule has 1 heterocycles. The van der Waals surface area contributed by atoms with Gasteiger partial charge in [-0.2, -0.15) is 13.2 Å². The molecule has 1 unspecified atom stereocenters. The van der Waals surface area contributed by atoms with Crippen LogP contribution in [0.1, 0.15) is 18.1 Å². The van der Waals surface area contributed by atoms with Crippen molar-refractivity contribution in [1.29, 1.82) is 0 Å². The Bertz CT molecular complexity index is 978. The second-order valence-electron chi connectivity index (χ2n) is 6.15. The highest BCUT2D eigenvalue weighted by Gasteiger charge is 2.59. The van der Waals surface area contributed by atoms with Gasteiger partial charge in [-0.05, 0) is 36.4 Å². The molecule has 0 saturated heterocycles. The van der Waals surface area contributed by atoms with Gasteiger partial charge in [-0.25, -0.2) is 0 Å². The molecule has 1 aliphatic rings. The van der Waals surface area contributed by atoms with Crippen LogP contribution in [0, 0.1) is 0 Å². The number of hydrogen-bond donors (Lipinski definition) is 3. The van der Waals surface area contributed by atoms with Crippen molar-refractivity contribution in [3.8, 4) is 0 Å². The number of hydroxylamine groups is 1. The lowest BCUT2D eigenvalue weighted by Gasteiger charge is -2.28. The third kappa shape index (κ3) is 4.40. The summed E-state index contributed by atoms with van der Waals surface area (Å²) in [6.07, 6.45) is -3.93. The molecular weight excluding hydrogens is 454 g/mol. The first-order valence-corrected chi connectivity index (χ1v) is 9.18. The molecule has 0 radical (unpaired) electrons. The first kappa shape index (κ1) is 21.6. The number of nitrogens with one attached hydrogen (secondary N) is 3. The van der Waals surface area contributed by atoms with Crippen molar-refractivity contribution in [3.63, 3.8) is 0 Å². The summed E-state index contributed by atoms with van der Waals surface area (Å²) in [5.74, 6) is -0.373. The van der Waals surface area contributed by atoms with Crippen molar-refractivity contribution in [3.05, 3.63) is 68.7 Å². The number of carbonyl (C=O) groups is 1. The van der Waals surface area contributed by atoms with Crippen LogP contribution in [-0.2, 0) is 15.2 Å². The normalized spacial score (nSPS) is 18.8. The maximum Gasteiger partial charge on any atom is 0.428 e. The molecule has 0 spiro atoms. The van der Waals surface area contributed by atoms with Crippen LogP contribution in [0.5, 0.6) is 0 Å². The molecule has 0 fully saturated rings. The van der Waals surface area contributed by atoms with Gasteiger partial charge < -0.3 is 0 Å². The first-order valence-electron chi connectivity index (χ1n) is 8.04. The smallest absolute Gasteiger partial charge is 0.297 e. The van der Waals surface area contributed by atoms with Gasteiger partial charge in [-0.3, -0.25) is 26.0 Å². The van der Waals surface area contributed by atoms with E-state index in [4.69, 9.17) is 39.6 Å². The van der Waals surface area contributed by atoms with E-state index in [0.29, 0.717) is 5.56 Å². The van der Waals surface area contributed by atoms with Crippen molar-refractivity contribution >= 4 is 52.1 Å². The summed E-state index contributed by atoms with van der Waals surface area (Å²) in [5.41, 5.74) is 4.83. The molecule has 0 aliphatic carbocycles. The van der Waals surface area contributed by atoms with Crippen LogP contribution >= 0.6 is 34.8 Å². The molecule has 154 valence electrons. The largest absolute Gasteiger partial charge is 0.428 e. The monoisotopic (exact) mass is 465 g/mol. The van der Waals surface area contributed by atoms with E-state index in [1.165, 1.54) is 31.2 Å². The molecule has 2 aromatic rings. The zero-order chi connectivity index (χ0) is 21.4. The van der Waals surface area contributed by atoms with Gasteiger partial charge in [0.1, 0.15) is 0 Å². The van der Waals surface area contributed by atoms with Crippen LogP contribution in [0.3, 0.4) is 0 Å². The van der Waals surface area contributed by atoms with Gasteiger partial charge in [0.15, 0.2) is 0 Å². The summed E-state index contributed by atoms with van der Waals surface area (Å²) >= 11 is 17.8. The van der Waals surface area contributed by atoms with Crippen LogP contribution in [0.2, 0.25) is 15.1 Å². The Hall–Kier alpha value is -2.13. The predicted molar refractivity (Wildman–Crippen MR) is 105 cm³/mol. The molecule has 3 rings (SSSR count). The fourth-order valence-corrected chi connectivity index (χ4v) is 3.39. The second-order valence-corrected chi connectivity index (χ2v) is 7.43. The predicted octanol–water partition coefficient (Wildman–Crippen LogP) is 5.44. The summed E-state index contributed by atoms with van der Waals surface area (Å²) in [6, 6.07) is 8.01. The number of alkyl halides is 3. The molecule has 2 aromatic carbocycles. The van der Waals surface area contributed by atoms with Crippen molar-refractivity contribution in [2.45, 2.75) is 18.7 Å². The molecule has 0 bridgehead atoms. The molecule has 5 nitrogen and oxygen atoms in total. The molecule has 29 heavy (non-hydrogen) atoms. The second kappa shape index (κ2) is 7.95. The number of benzene rings is 2. The average Bonchev–Trinajstić information content (AvgIpc) is 3.07. The minimum atomic E-state index is -4.82. The van der Waals surface area contributed by atoms with E-state index in [1.54, 1.807) is 0 Å². The third-order valence-electron chi connectivity index (χ3n) is 4.03. The fourth-order valence-electron chi connectivity index (χ4n) is 2.70. The molecule has 0 aromatic heterocycles. The molecule has 1 amide bonds. The standard InChI is InChI=1S/C18H13Cl3F3N3O2/c1-9(28)25-26-15-4-10(2-3-14(15)21)16-8-17(29-27-16,18(22,23)24)11-5-12(19)7-13(20)6-11/h2-8,26-27H,1H3,(H,25,28). The van der Waals surface area contributed by atoms with Crippen molar-refractivity contribution in [1.82, 2.24) is 10.9 Å². The maximum absolute atomic E-state index is 14.0. The number of hydrogen-bond acceptors (Lipinski definition) is 4. The topological polar surface area (TPSA) is 62.4 Å². The van der Waals surface area contributed by atoms with Gasteiger partial charge >= 0.3 is 6.18 Å². The van der Waals surface area contributed by atoms with E-state index in [9.17, 15) is 18.0 Å². The van der Waals surface area contributed by atoms with Gasteiger partial charge in [0.2, 0.25) is 11.5 Å². The minimum absolute atomic E-state index is 0.0369. The first-order chi connectivity index (χ1) is 13.5. The number of rotatable bonds is 4. The van der Waals surface area contributed by atoms with E-state index >= 15 is 0 Å². The van der Waals surface area contributed by atoms with E-state index in [2.05, 4.69) is 16.3 Å². The minimum Gasteiger partial charge on any atom is -0.297 e. The van der Waals surface area contributed by atoms with Crippen molar-refractivity contribution in [2.75, 3.05) is 5.43 Å². The zero-order valence-electron chi connectivity index (χ0n) is 14.6. The van der Waals surface area contributed by atoms with Gasteiger partial charge in [0, 0.05) is 28.1 Å². The Morgan fingerprint density at radius 3 is 2.34 bits per heavy atom. The van der Waals surface area contributed by atoms with Crippen molar-refractivity contribution in [2.24, 2.45) is 0 Å². The maximum atomic E-state index is 14.0. The lowest BCUT2D eigenvalue weighted by atomic mass is 9.91. The summed E-state index contributed by atoms with van der Waals surface area (Å²) in [5, 5.41) is 0.329. The molecule has 0 saturated carbocycles. The molecule has 3 N–H and O–H groups in total. The van der Waals surface area contributed by atoms with E-state index in [-0.39, 0.29) is 37.9 Å². The highest BCUT2D eigenvalue weighted by molar-refractivity contribution is 6.34. The number of halogens is 6. The van der Waals surface area contributed by atoms with Crippen LogP contribution in [0.4, 0.5) is 18.9 Å². The number of anilines is 1. The molecule has 1 atom stereocenters. The Kier molecular flexibility index (Phi) is 5.91. The Morgan fingerprint density at radius 1 is 1.10 bits per heavy atom. The van der Waals surface area contributed by atoms with Gasteiger partial charge in [0.05, 0.1) is 16.4 Å². The van der Waals surface area contributed by atoms with Crippen LogP contribution in [0.15, 0.2) is 42.5 Å². The SMILES string of the molecule is CC(=O)NNc1cc(C2=CC(c3cc(Cl)cc(Cl)c3)(C(F)(F)F)ON2)ccc1Cl. The quantitative estimate of drug-likeness (QED) is 0.525. The van der Waals surface area contributed by atoms with Crippen molar-refractivity contribution < 1.29 is 22.8 Å². The van der Waals surface area contributed by atoms with Gasteiger partial charge in [-0.15, -0.1) is 0 Å².